The number of hydrogen-bond donors (Lipinski definition) is 2. The van der Waals surface area contributed by atoms with Gasteiger partial charge in [0, 0.05) is 17.7 Å². The second-order valence-electron chi connectivity index (χ2n) is 6.92. The van der Waals surface area contributed by atoms with Crippen molar-refractivity contribution in [3.05, 3.63) is 65.9 Å². The van der Waals surface area contributed by atoms with Crippen molar-refractivity contribution in [2.75, 3.05) is 19.8 Å². The zero-order valence-electron chi connectivity index (χ0n) is 15.2. The van der Waals surface area contributed by atoms with Crippen LogP contribution in [-0.4, -0.2) is 40.8 Å². The summed E-state index contributed by atoms with van der Waals surface area (Å²) in [6, 6.07) is 16.0. The molecule has 5 rings (SSSR count). The number of carbonyl (C=O) groups excluding carboxylic acids is 1. The van der Waals surface area contributed by atoms with E-state index in [1.165, 1.54) is 0 Å². The third-order valence-electron chi connectivity index (χ3n) is 5.03. The number of benzene rings is 2. The minimum atomic E-state index is -0.241. The van der Waals surface area contributed by atoms with Crippen molar-refractivity contribution in [3.63, 3.8) is 0 Å². The number of amides is 1. The summed E-state index contributed by atoms with van der Waals surface area (Å²) in [5.74, 6) is 1.48. The van der Waals surface area contributed by atoms with Gasteiger partial charge >= 0.3 is 0 Å². The maximum Gasteiger partial charge on any atom is 0.235 e. The van der Waals surface area contributed by atoms with E-state index in [0.717, 1.165) is 33.9 Å². The fourth-order valence-electron chi connectivity index (χ4n) is 3.74. The normalized spacial score (nSPS) is 18.9. The Balaban J connectivity index is 1.47. The number of rotatable bonds is 4. The van der Waals surface area contributed by atoms with E-state index in [2.05, 4.69) is 32.5 Å². The molecule has 0 saturated carbocycles. The van der Waals surface area contributed by atoms with Crippen LogP contribution in [-0.2, 0) is 11.3 Å². The van der Waals surface area contributed by atoms with Crippen LogP contribution in [0.25, 0.3) is 11.3 Å². The summed E-state index contributed by atoms with van der Waals surface area (Å²) in [4.78, 5) is 14.3. The maximum atomic E-state index is 12.2. The highest BCUT2D eigenvalue weighted by Crippen LogP contribution is 2.37. The third kappa shape index (κ3) is 3.10. The van der Waals surface area contributed by atoms with Crippen molar-refractivity contribution in [1.29, 1.82) is 0 Å². The van der Waals surface area contributed by atoms with Crippen LogP contribution >= 0.6 is 0 Å². The van der Waals surface area contributed by atoms with Gasteiger partial charge in [-0.1, -0.05) is 30.3 Å². The quantitative estimate of drug-likeness (QED) is 0.731. The van der Waals surface area contributed by atoms with Crippen LogP contribution in [0.4, 0.5) is 0 Å². The lowest BCUT2D eigenvalue weighted by Gasteiger charge is -2.24. The van der Waals surface area contributed by atoms with Gasteiger partial charge in [-0.3, -0.25) is 14.8 Å². The Labute approximate surface area is 162 Å². The van der Waals surface area contributed by atoms with Crippen molar-refractivity contribution in [3.8, 4) is 22.8 Å². The fourth-order valence-corrected chi connectivity index (χ4v) is 3.74. The van der Waals surface area contributed by atoms with Crippen LogP contribution in [0.15, 0.2) is 54.7 Å². The van der Waals surface area contributed by atoms with Gasteiger partial charge in [-0.2, -0.15) is 5.10 Å². The number of fused-ring (bicyclic) bond motifs is 1. The summed E-state index contributed by atoms with van der Waals surface area (Å²) < 4.78 is 11.3. The highest BCUT2D eigenvalue weighted by Gasteiger charge is 2.33. The van der Waals surface area contributed by atoms with Gasteiger partial charge < -0.3 is 14.8 Å². The summed E-state index contributed by atoms with van der Waals surface area (Å²) >= 11 is 0. The summed E-state index contributed by atoms with van der Waals surface area (Å²) in [6.45, 7) is 2.13. The number of ether oxygens (including phenoxy) is 2. The molecule has 1 fully saturated rings. The molecule has 2 aromatic carbocycles. The predicted molar refractivity (Wildman–Crippen MR) is 103 cm³/mol. The third-order valence-corrected chi connectivity index (χ3v) is 5.03. The van der Waals surface area contributed by atoms with Gasteiger partial charge in [0.2, 0.25) is 5.91 Å². The minimum absolute atomic E-state index is 0.00950. The van der Waals surface area contributed by atoms with Gasteiger partial charge in [0.15, 0.2) is 11.5 Å². The first-order chi connectivity index (χ1) is 13.8. The van der Waals surface area contributed by atoms with Crippen LogP contribution in [0.3, 0.4) is 0 Å². The van der Waals surface area contributed by atoms with E-state index in [0.29, 0.717) is 26.3 Å². The molecule has 0 bridgehead atoms. The van der Waals surface area contributed by atoms with E-state index in [-0.39, 0.29) is 12.1 Å². The molecule has 28 heavy (non-hydrogen) atoms. The second kappa shape index (κ2) is 7.01. The number of hydrogen-bond acceptors (Lipinski definition) is 5. The molecule has 7 nitrogen and oxygen atoms in total. The van der Waals surface area contributed by atoms with Crippen LogP contribution in [0, 0.1) is 0 Å². The van der Waals surface area contributed by atoms with Gasteiger partial charge in [-0.05, 0) is 23.8 Å². The fraction of sp³-hybridized carbons (Fsp3) is 0.238. The van der Waals surface area contributed by atoms with E-state index in [9.17, 15) is 4.79 Å². The molecule has 3 heterocycles. The van der Waals surface area contributed by atoms with Crippen molar-refractivity contribution in [2.24, 2.45) is 0 Å². The zero-order chi connectivity index (χ0) is 18.9. The SMILES string of the molecule is O=C1CN(Cc2ccccc2)[C@@H](c2cn[nH]c2-c2ccc3c(c2)OCCO3)N1. The number of carbonyl (C=O) groups is 1. The lowest BCUT2D eigenvalue weighted by atomic mass is 10.0. The highest BCUT2D eigenvalue weighted by molar-refractivity contribution is 5.81. The Morgan fingerprint density at radius 2 is 1.89 bits per heavy atom. The summed E-state index contributed by atoms with van der Waals surface area (Å²) in [5.41, 5.74) is 3.90. The topological polar surface area (TPSA) is 79.5 Å². The molecule has 1 atom stereocenters. The lowest BCUT2D eigenvalue weighted by molar-refractivity contribution is -0.118. The van der Waals surface area contributed by atoms with Crippen LogP contribution in [0.1, 0.15) is 17.3 Å². The number of H-pyrrole nitrogens is 1. The van der Waals surface area contributed by atoms with E-state index < -0.39 is 0 Å². The van der Waals surface area contributed by atoms with Gasteiger partial charge in [-0.25, -0.2) is 0 Å². The molecule has 142 valence electrons. The average molecular weight is 376 g/mol. The van der Waals surface area contributed by atoms with Crippen molar-refractivity contribution >= 4 is 5.91 Å². The molecular weight excluding hydrogens is 356 g/mol. The maximum absolute atomic E-state index is 12.2. The Morgan fingerprint density at radius 3 is 2.75 bits per heavy atom. The molecule has 7 heteroatoms. The van der Waals surface area contributed by atoms with E-state index in [1.807, 2.05) is 36.4 Å². The molecule has 1 amide bonds. The molecule has 2 aliphatic heterocycles. The largest absolute Gasteiger partial charge is 0.486 e. The minimum Gasteiger partial charge on any atom is -0.486 e. The van der Waals surface area contributed by atoms with Crippen LogP contribution in [0.5, 0.6) is 11.5 Å². The van der Waals surface area contributed by atoms with Crippen molar-refractivity contribution in [1.82, 2.24) is 20.4 Å². The molecule has 0 radical (unpaired) electrons. The number of nitrogens with one attached hydrogen (secondary N) is 2. The zero-order valence-corrected chi connectivity index (χ0v) is 15.2. The highest BCUT2D eigenvalue weighted by atomic mass is 16.6. The standard InChI is InChI=1S/C21H20N4O3/c26-19-13-25(12-14-4-2-1-3-5-14)21(23-19)16-11-22-24-20(16)15-6-7-17-18(10-15)28-9-8-27-17/h1-7,10-11,21H,8-9,12-13H2,(H,22,24)(H,23,26)/t21-/m0/s1. The Hall–Kier alpha value is -3.32. The average Bonchev–Trinajstić information content (AvgIpc) is 3.35. The molecule has 0 spiro atoms. The Morgan fingerprint density at radius 1 is 1.07 bits per heavy atom. The molecule has 0 aliphatic carbocycles. The molecule has 2 N–H and O–H groups in total. The summed E-state index contributed by atoms with van der Waals surface area (Å²) in [6.07, 6.45) is 1.54. The first-order valence-electron chi connectivity index (χ1n) is 9.28. The number of aromatic nitrogens is 2. The first kappa shape index (κ1) is 16.8. The Bertz CT molecular complexity index is 1000. The second-order valence-corrected chi connectivity index (χ2v) is 6.92. The molecule has 1 aromatic heterocycles. The smallest absolute Gasteiger partial charge is 0.235 e. The Kier molecular flexibility index (Phi) is 4.21. The molecule has 1 saturated heterocycles. The van der Waals surface area contributed by atoms with E-state index in [4.69, 9.17) is 9.47 Å². The van der Waals surface area contributed by atoms with Crippen molar-refractivity contribution < 1.29 is 14.3 Å². The number of aromatic amines is 1. The molecule has 2 aliphatic rings. The van der Waals surface area contributed by atoms with Gasteiger partial charge in [0.1, 0.15) is 19.4 Å². The summed E-state index contributed by atoms with van der Waals surface area (Å²) in [5, 5.41) is 10.4. The molecule has 3 aromatic rings. The van der Waals surface area contributed by atoms with E-state index >= 15 is 0 Å². The molecule has 0 unspecified atom stereocenters. The van der Waals surface area contributed by atoms with Crippen LogP contribution in [0.2, 0.25) is 0 Å². The number of nitrogens with zero attached hydrogens (tertiary/aromatic N) is 2. The lowest BCUT2D eigenvalue weighted by Crippen LogP contribution is -2.27. The summed E-state index contributed by atoms with van der Waals surface area (Å²) in [7, 11) is 0. The first-order valence-corrected chi connectivity index (χ1v) is 9.28. The van der Waals surface area contributed by atoms with Crippen molar-refractivity contribution in [2.45, 2.75) is 12.7 Å². The monoisotopic (exact) mass is 376 g/mol. The predicted octanol–water partition coefficient (Wildman–Crippen LogP) is 2.48. The molecular formula is C21H20N4O3. The van der Waals surface area contributed by atoms with E-state index in [1.54, 1.807) is 6.20 Å². The van der Waals surface area contributed by atoms with Gasteiger partial charge in [-0.15, -0.1) is 0 Å². The van der Waals surface area contributed by atoms with Gasteiger partial charge in [0.05, 0.1) is 18.4 Å². The van der Waals surface area contributed by atoms with Gasteiger partial charge in [0.25, 0.3) is 0 Å². The van der Waals surface area contributed by atoms with Crippen LogP contribution < -0.4 is 14.8 Å².